The van der Waals surface area contributed by atoms with Crippen molar-refractivity contribution in [2.24, 2.45) is 7.05 Å². The molecular weight excluding hydrogens is 204 g/mol. The van der Waals surface area contributed by atoms with E-state index in [4.69, 9.17) is 10.7 Å². The summed E-state index contributed by atoms with van der Waals surface area (Å²) in [5.41, 5.74) is 0.278. The van der Waals surface area contributed by atoms with Crippen LogP contribution in [0.5, 0.6) is 0 Å². The molecule has 0 unspecified atom stereocenters. The van der Waals surface area contributed by atoms with E-state index in [1.807, 2.05) is 6.92 Å². The number of rotatable bonds is 4. The lowest BCUT2D eigenvalue weighted by molar-refractivity contribution is 0.742. The molecule has 1 aromatic heterocycles. The number of hydrogen-bond acceptors (Lipinski definition) is 4. The highest BCUT2D eigenvalue weighted by molar-refractivity contribution is 6.08. The van der Waals surface area contributed by atoms with Crippen molar-refractivity contribution in [2.45, 2.75) is 26.2 Å². The van der Waals surface area contributed by atoms with Crippen LogP contribution in [0.3, 0.4) is 0 Å². The van der Waals surface area contributed by atoms with Crippen LogP contribution in [-0.2, 0) is 13.5 Å². The summed E-state index contributed by atoms with van der Waals surface area (Å²) in [6, 6.07) is 1.72. The highest BCUT2D eigenvalue weighted by Gasteiger charge is 2.13. The molecule has 0 saturated heterocycles. The van der Waals surface area contributed by atoms with Gasteiger partial charge in [-0.15, -0.1) is 0 Å². The number of aryl methyl sites for hydroxylation is 1. The Hall–Kier alpha value is -1.96. The molecule has 16 heavy (non-hydrogen) atoms. The molecule has 0 bridgehead atoms. The lowest BCUT2D eigenvalue weighted by Crippen LogP contribution is -2.25. The summed E-state index contributed by atoms with van der Waals surface area (Å²) in [5.74, 6) is 0. The van der Waals surface area contributed by atoms with Crippen molar-refractivity contribution >= 4 is 5.71 Å². The zero-order valence-corrected chi connectivity index (χ0v) is 9.45. The molecule has 0 atom stereocenters. The fraction of sp³-hybridized carbons (Fsp3) is 0.455. The van der Waals surface area contributed by atoms with E-state index in [-0.39, 0.29) is 17.0 Å². The quantitative estimate of drug-likeness (QED) is 0.766. The predicted octanol–water partition coefficient (Wildman–Crippen LogP) is 1.01. The van der Waals surface area contributed by atoms with Gasteiger partial charge in [0.2, 0.25) is 0 Å². The Morgan fingerprint density at radius 1 is 1.69 bits per heavy atom. The van der Waals surface area contributed by atoms with Crippen LogP contribution in [0.15, 0.2) is 11.1 Å². The summed E-state index contributed by atoms with van der Waals surface area (Å²) in [6.45, 7) is 2.02. The third kappa shape index (κ3) is 2.34. The largest absolute Gasteiger partial charge is 0.302 e. The van der Waals surface area contributed by atoms with Crippen LogP contribution in [0, 0.1) is 16.7 Å². The molecule has 0 spiro atoms. The summed E-state index contributed by atoms with van der Waals surface area (Å²) in [4.78, 5) is 15.8. The first-order chi connectivity index (χ1) is 7.61. The van der Waals surface area contributed by atoms with Crippen LogP contribution in [0.1, 0.15) is 31.0 Å². The van der Waals surface area contributed by atoms with Gasteiger partial charge < -0.3 is 4.57 Å². The molecule has 0 aromatic carbocycles. The first-order valence-electron chi connectivity index (χ1n) is 5.15. The van der Waals surface area contributed by atoms with Gasteiger partial charge in [0.15, 0.2) is 5.71 Å². The number of nitriles is 1. The van der Waals surface area contributed by atoms with E-state index in [2.05, 4.69) is 4.98 Å². The van der Waals surface area contributed by atoms with Gasteiger partial charge in [0.1, 0.15) is 11.8 Å². The summed E-state index contributed by atoms with van der Waals surface area (Å²) >= 11 is 0. The van der Waals surface area contributed by atoms with Crippen molar-refractivity contribution in [3.8, 4) is 6.07 Å². The van der Waals surface area contributed by atoms with Gasteiger partial charge in [0, 0.05) is 12.6 Å². The number of nitrogens with zero attached hydrogens (tertiary/aromatic N) is 3. The molecule has 1 aromatic rings. The Labute approximate surface area is 93.9 Å². The van der Waals surface area contributed by atoms with E-state index in [1.165, 1.54) is 10.9 Å². The molecule has 0 aliphatic carbocycles. The second-order valence-electron chi connectivity index (χ2n) is 3.58. The fourth-order valence-corrected chi connectivity index (χ4v) is 1.44. The van der Waals surface area contributed by atoms with Gasteiger partial charge >= 0.3 is 0 Å². The van der Waals surface area contributed by atoms with Crippen molar-refractivity contribution in [1.29, 1.82) is 10.7 Å². The maximum atomic E-state index is 11.8. The molecule has 0 aliphatic heterocycles. The summed E-state index contributed by atoms with van der Waals surface area (Å²) < 4.78 is 1.37. The second kappa shape index (κ2) is 5.21. The first kappa shape index (κ1) is 12.1. The molecule has 1 heterocycles. The van der Waals surface area contributed by atoms with E-state index >= 15 is 0 Å². The Morgan fingerprint density at radius 2 is 2.38 bits per heavy atom. The molecule has 0 fully saturated rings. The standard InChI is InChI=1S/C11H14N4O/c1-3-4-5-8-10(9(13)6-12)14-7-15(2)11(8)16/h7,13H,3-5H2,1-2H3. The molecule has 5 heteroatoms. The zero-order chi connectivity index (χ0) is 12.1. The SMILES string of the molecule is CCCCc1c(C(=N)C#N)ncn(C)c1=O. The Kier molecular flexibility index (Phi) is 3.95. The van der Waals surface area contributed by atoms with E-state index in [0.29, 0.717) is 12.0 Å². The fourth-order valence-electron chi connectivity index (χ4n) is 1.44. The Balaban J connectivity index is 3.28. The topological polar surface area (TPSA) is 82.5 Å². The molecule has 1 rings (SSSR count). The van der Waals surface area contributed by atoms with Gasteiger partial charge in [-0.2, -0.15) is 5.26 Å². The number of aromatic nitrogens is 2. The third-order valence-electron chi connectivity index (χ3n) is 2.35. The highest BCUT2D eigenvalue weighted by Crippen LogP contribution is 2.05. The van der Waals surface area contributed by atoms with Gasteiger partial charge in [0.25, 0.3) is 5.56 Å². The van der Waals surface area contributed by atoms with E-state index in [9.17, 15) is 4.79 Å². The molecular formula is C11H14N4O. The van der Waals surface area contributed by atoms with Gasteiger partial charge in [-0.3, -0.25) is 10.2 Å². The molecule has 0 saturated carbocycles. The Morgan fingerprint density at radius 3 is 2.94 bits per heavy atom. The monoisotopic (exact) mass is 218 g/mol. The van der Waals surface area contributed by atoms with Gasteiger partial charge in [-0.05, 0) is 12.8 Å². The van der Waals surface area contributed by atoms with Gasteiger partial charge in [-0.1, -0.05) is 13.3 Å². The molecule has 0 amide bonds. The average molecular weight is 218 g/mol. The maximum Gasteiger partial charge on any atom is 0.256 e. The minimum Gasteiger partial charge on any atom is -0.302 e. The Bertz CT molecular complexity index is 496. The lowest BCUT2D eigenvalue weighted by Gasteiger charge is -2.06. The first-order valence-corrected chi connectivity index (χ1v) is 5.15. The molecule has 84 valence electrons. The van der Waals surface area contributed by atoms with Crippen molar-refractivity contribution in [1.82, 2.24) is 9.55 Å². The third-order valence-corrected chi connectivity index (χ3v) is 2.35. The van der Waals surface area contributed by atoms with Crippen molar-refractivity contribution < 1.29 is 0 Å². The van der Waals surface area contributed by atoms with Crippen LogP contribution in [0.2, 0.25) is 0 Å². The molecule has 0 radical (unpaired) electrons. The smallest absolute Gasteiger partial charge is 0.256 e. The minimum atomic E-state index is -0.246. The van der Waals surface area contributed by atoms with Crippen LogP contribution in [0.25, 0.3) is 0 Å². The van der Waals surface area contributed by atoms with E-state index in [0.717, 1.165) is 12.8 Å². The lowest BCUT2D eigenvalue weighted by atomic mass is 10.1. The molecule has 1 N–H and O–H groups in total. The summed E-state index contributed by atoms with van der Waals surface area (Å²) in [6.07, 6.45) is 3.72. The van der Waals surface area contributed by atoms with Crippen LogP contribution in [-0.4, -0.2) is 15.3 Å². The second-order valence-corrected chi connectivity index (χ2v) is 3.58. The van der Waals surface area contributed by atoms with Crippen LogP contribution < -0.4 is 5.56 Å². The zero-order valence-electron chi connectivity index (χ0n) is 9.45. The highest BCUT2D eigenvalue weighted by atomic mass is 16.1. The predicted molar refractivity (Wildman–Crippen MR) is 60.5 cm³/mol. The summed E-state index contributed by atoms with van der Waals surface area (Å²) in [7, 11) is 1.62. The van der Waals surface area contributed by atoms with Crippen LogP contribution in [0.4, 0.5) is 0 Å². The van der Waals surface area contributed by atoms with E-state index < -0.39 is 0 Å². The minimum absolute atomic E-state index is 0.168. The van der Waals surface area contributed by atoms with Crippen molar-refractivity contribution in [2.75, 3.05) is 0 Å². The average Bonchev–Trinajstić information content (AvgIpc) is 2.30. The number of nitrogens with one attached hydrogen (secondary N) is 1. The van der Waals surface area contributed by atoms with Crippen molar-refractivity contribution in [3.63, 3.8) is 0 Å². The van der Waals surface area contributed by atoms with Crippen molar-refractivity contribution in [3.05, 3.63) is 27.9 Å². The van der Waals surface area contributed by atoms with Crippen LogP contribution >= 0.6 is 0 Å². The van der Waals surface area contributed by atoms with E-state index in [1.54, 1.807) is 13.1 Å². The maximum absolute atomic E-state index is 11.8. The number of unbranched alkanes of at least 4 members (excludes halogenated alkanes) is 1. The normalized spacial score (nSPS) is 9.81. The molecule has 0 aliphatic rings. The molecule has 5 nitrogen and oxygen atoms in total. The van der Waals surface area contributed by atoms with Gasteiger partial charge in [-0.25, -0.2) is 4.98 Å². The van der Waals surface area contributed by atoms with Gasteiger partial charge in [0.05, 0.1) is 6.33 Å². The number of hydrogen-bond donors (Lipinski definition) is 1. The summed E-state index contributed by atoms with van der Waals surface area (Å²) in [5, 5.41) is 16.1.